The van der Waals surface area contributed by atoms with Crippen LogP contribution in [0.15, 0.2) is 65.9 Å². The zero-order chi connectivity index (χ0) is 30.0. The van der Waals surface area contributed by atoms with Gasteiger partial charge in [-0.3, -0.25) is 4.79 Å². The van der Waals surface area contributed by atoms with Crippen LogP contribution in [0.5, 0.6) is 0 Å². The Hall–Kier alpha value is -4.34. The van der Waals surface area contributed by atoms with E-state index in [2.05, 4.69) is 20.8 Å². The molecule has 10 nitrogen and oxygen atoms in total. The molecule has 0 aliphatic heterocycles. The van der Waals surface area contributed by atoms with Crippen molar-refractivity contribution >= 4 is 34.6 Å². The molecule has 7 rings (SSSR count). The molecule has 43 heavy (non-hydrogen) atoms. The lowest BCUT2D eigenvalue weighted by molar-refractivity contribution is -0.142. The number of oxime groups is 1. The summed E-state index contributed by atoms with van der Waals surface area (Å²) in [5.74, 6) is 0.707. The van der Waals surface area contributed by atoms with Crippen molar-refractivity contribution in [3.63, 3.8) is 0 Å². The molecule has 1 heterocycles. The van der Waals surface area contributed by atoms with Gasteiger partial charge in [0.05, 0.1) is 6.54 Å². The van der Waals surface area contributed by atoms with Crippen LogP contribution < -0.4 is 10.6 Å². The lowest BCUT2D eigenvalue weighted by Crippen LogP contribution is -2.60. The maximum absolute atomic E-state index is 13.9. The molecule has 0 spiro atoms. The molecule has 0 radical (unpaired) electrons. The average Bonchev–Trinajstić information content (AvgIpc) is 3.38. The SMILES string of the molecule is C[C@](Cc1c[nH]c2ccccc12)(NC(=O)OC1C2CC3CC(C2)CC1C3)C(=O)NCC(=NOCC(=O)O)c1ccccc1. The van der Waals surface area contributed by atoms with Crippen molar-refractivity contribution in [3.8, 4) is 0 Å². The van der Waals surface area contributed by atoms with Crippen molar-refractivity contribution < 1.29 is 29.1 Å². The van der Waals surface area contributed by atoms with E-state index in [-0.39, 0.29) is 19.1 Å². The topological polar surface area (TPSA) is 142 Å². The van der Waals surface area contributed by atoms with E-state index in [1.807, 2.05) is 48.7 Å². The number of aliphatic carboxylic acids is 1. The Labute approximate surface area is 250 Å². The van der Waals surface area contributed by atoms with Gasteiger partial charge >= 0.3 is 12.1 Å². The van der Waals surface area contributed by atoms with Gasteiger partial charge in [0, 0.05) is 29.1 Å². The lowest BCUT2D eigenvalue weighted by atomic mass is 9.55. The Morgan fingerprint density at radius 1 is 0.977 bits per heavy atom. The first-order chi connectivity index (χ1) is 20.8. The van der Waals surface area contributed by atoms with Crippen LogP contribution in [0.2, 0.25) is 0 Å². The standard InChI is InChI=1S/C33H38N4O6/c1-33(16-25-17-34-27-10-6-5-9-26(25)27,36-32(41)43-30-23-12-20-11-21(14-23)15-24(30)13-20)31(40)35-18-28(37-42-19-29(38)39)22-7-3-2-4-8-22/h2-10,17,20-21,23-24,30,34H,11-16,18-19H2,1H3,(H,35,40)(H,36,41)(H,38,39)/t20?,21?,23?,24?,30?,33-/m1/s1. The monoisotopic (exact) mass is 586 g/mol. The van der Waals surface area contributed by atoms with Gasteiger partial charge in [-0.25, -0.2) is 9.59 Å². The second-order valence-corrected chi connectivity index (χ2v) is 12.5. The number of para-hydroxylation sites is 1. The molecule has 4 fully saturated rings. The molecule has 0 saturated heterocycles. The number of H-pyrrole nitrogens is 1. The number of rotatable bonds is 11. The highest BCUT2D eigenvalue weighted by Gasteiger charge is 2.50. The molecule has 4 N–H and O–H groups in total. The number of nitrogens with zero attached hydrogens (tertiary/aromatic N) is 1. The number of hydrogen-bond acceptors (Lipinski definition) is 6. The number of nitrogens with one attached hydrogen (secondary N) is 3. The number of benzene rings is 2. The molecule has 2 aromatic carbocycles. The fourth-order valence-corrected chi connectivity index (χ4v) is 7.63. The Balaban J connectivity index is 1.20. The summed E-state index contributed by atoms with van der Waals surface area (Å²) >= 11 is 0. The number of carboxylic acid groups (broad SMARTS) is 1. The van der Waals surface area contributed by atoms with Gasteiger partial charge in [0.1, 0.15) is 17.4 Å². The van der Waals surface area contributed by atoms with Gasteiger partial charge in [-0.1, -0.05) is 53.7 Å². The lowest BCUT2D eigenvalue weighted by Gasteiger charge is -2.53. The second kappa shape index (κ2) is 12.1. The third kappa shape index (κ3) is 6.38. The zero-order valence-corrected chi connectivity index (χ0v) is 24.3. The number of hydrogen-bond donors (Lipinski definition) is 4. The molecule has 4 aliphatic rings. The minimum Gasteiger partial charge on any atom is -0.479 e. The van der Waals surface area contributed by atoms with Crippen LogP contribution in [0.1, 0.15) is 50.2 Å². The molecule has 0 unspecified atom stereocenters. The summed E-state index contributed by atoms with van der Waals surface area (Å²) in [7, 11) is 0. The summed E-state index contributed by atoms with van der Waals surface area (Å²) in [6.07, 6.45) is 7.14. The van der Waals surface area contributed by atoms with E-state index in [9.17, 15) is 14.4 Å². The second-order valence-electron chi connectivity index (χ2n) is 12.5. The van der Waals surface area contributed by atoms with Crippen molar-refractivity contribution in [2.24, 2.45) is 28.8 Å². The van der Waals surface area contributed by atoms with Crippen LogP contribution in [0.25, 0.3) is 10.9 Å². The van der Waals surface area contributed by atoms with Crippen LogP contribution in [0, 0.1) is 23.7 Å². The normalized spacial score (nSPS) is 25.6. The quantitative estimate of drug-likeness (QED) is 0.191. The van der Waals surface area contributed by atoms with Gasteiger partial charge in [0.25, 0.3) is 0 Å². The number of fused-ring (bicyclic) bond motifs is 1. The summed E-state index contributed by atoms with van der Waals surface area (Å²) < 4.78 is 6.11. The summed E-state index contributed by atoms with van der Waals surface area (Å²) in [6.45, 7) is 1.04. The highest BCUT2D eigenvalue weighted by molar-refractivity contribution is 6.04. The van der Waals surface area contributed by atoms with Gasteiger partial charge in [-0.2, -0.15) is 0 Å². The highest BCUT2D eigenvalue weighted by atomic mass is 16.6. The Kier molecular flexibility index (Phi) is 8.10. The summed E-state index contributed by atoms with van der Waals surface area (Å²) in [6, 6.07) is 16.9. The Bertz CT molecular complexity index is 1490. The van der Waals surface area contributed by atoms with Crippen LogP contribution >= 0.6 is 0 Å². The first-order valence-corrected chi connectivity index (χ1v) is 15.1. The van der Waals surface area contributed by atoms with E-state index in [4.69, 9.17) is 14.7 Å². The van der Waals surface area contributed by atoms with E-state index in [0.717, 1.165) is 54.0 Å². The molecule has 4 saturated carbocycles. The molecule has 4 aliphatic carbocycles. The molecule has 3 aromatic rings. The van der Waals surface area contributed by atoms with Crippen LogP contribution in [0.3, 0.4) is 0 Å². The third-order valence-corrected chi connectivity index (χ3v) is 9.37. The number of amides is 2. The smallest absolute Gasteiger partial charge is 0.408 e. The molecular formula is C33H38N4O6. The van der Waals surface area contributed by atoms with E-state index < -0.39 is 30.1 Å². The fraction of sp³-hybridized carbons (Fsp3) is 0.455. The van der Waals surface area contributed by atoms with Crippen LogP contribution in [-0.4, -0.2) is 58.6 Å². The molecular weight excluding hydrogens is 548 g/mol. The van der Waals surface area contributed by atoms with Gasteiger partial charge in [0.2, 0.25) is 12.5 Å². The molecule has 10 heteroatoms. The van der Waals surface area contributed by atoms with Crippen LogP contribution in [-0.2, 0) is 25.6 Å². The van der Waals surface area contributed by atoms with E-state index in [1.165, 1.54) is 6.42 Å². The van der Waals surface area contributed by atoms with Crippen molar-refractivity contribution in [2.45, 2.75) is 57.1 Å². The van der Waals surface area contributed by atoms with Crippen molar-refractivity contribution in [1.29, 1.82) is 0 Å². The largest absolute Gasteiger partial charge is 0.479 e. The Morgan fingerprint density at radius 3 is 2.35 bits per heavy atom. The van der Waals surface area contributed by atoms with Crippen LogP contribution in [0.4, 0.5) is 4.79 Å². The minimum atomic E-state index is -1.36. The minimum absolute atomic E-state index is 0.0434. The molecule has 2 amide bonds. The average molecular weight is 587 g/mol. The van der Waals surface area contributed by atoms with E-state index >= 15 is 0 Å². The zero-order valence-electron chi connectivity index (χ0n) is 24.3. The number of ether oxygens (including phenoxy) is 1. The maximum atomic E-state index is 13.9. The van der Waals surface area contributed by atoms with Gasteiger partial charge in [-0.15, -0.1) is 0 Å². The predicted molar refractivity (Wildman–Crippen MR) is 160 cm³/mol. The molecule has 4 bridgehead atoms. The Morgan fingerprint density at radius 2 is 1.65 bits per heavy atom. The number of alkyl carbamates (subject to hydrolysis) is 1. The van der Waals surface area contributed by atoms with E-state index in [1.54, 1.807) is 19.1 Å². The maximum Gasteiger partial charge on any atom is 0.408 e. The van der Waals surface area contributed by atoms with Gasteiger partial charge < -0.3 is 30.3 Å². The summed E-state index contributed by atoms with van der Waals surface area (Å²) in [4.78, 5) is 46.6. The molecule has 1 aromatic heterocycles. The first kappa shape index (κ1) is 28.8. The number of aromatic amines is 1. The number of carbonyl (C=O) groups is 3. The number of aromatic nitrogens is 1. The fourth-order valence-electron chi connectivity index (χ4n) is 7.63. The summed E-state index contributed by atoms with van der Waals surface area (Å²) in [5.41, 5.74) is 1.47. The molecule has 1 atom stereocenters. The third-order valence-electron chi connectivity index (χ3n) is 9.37. The highest BCUT2D eigenvalue weighted by Crippen LogP contribution is 2.54. The van der Waals surface area contributed by atoms with E-state index in [0.29, 0.717) is 23.1 Å². The van der Waals surface area contributed by atoms with Crippen molar-refractivity contribution in [1.82, 2.24) is 15.6 Å². The molecule has 226 valence electrons. The van der Waals surface area contributed by atoms with Gasteiger partial charge in [0.15, 0.2) is 0 Å². The summed E-state index contributed by atoms with van der Waals surface area (Å²) in [5, 5.41) is 19.8. The first-order valence-electron chi connectivity index (χ1n) is 15.1. The van der Waals surface area contributed by atoms with Gasteiger partial charge in [-0.05, 0) is 74.3 Å². The number of carbonyl (C=O) groups excluding carboxylic acids is 2. The van der Waals surface area contributed by atoms with Crippen molar-refractivity contribution in [2.75, 3.05) is 13.2 Å². The predicted octanol–water partition coefficient (Wildman–Crippen LogP) is 4.64. The number of carboxylic acids is 1. The van der Waals surface area contributed by atoms with Crippen molar-refractivity contribution in [3.05, 3.63) is 71.9 Å².